The smallest absolute Gasteiger partial charge is 0.320 e. The van der Waals surface area contributed by atoms with Gasteiger partial charge in [0.15, 0.2) is 0 Å². The van der Waals surface area contributed by atoms with Crippen LogP contribution in [-0.4, -0.2) is 36.2 Å². The summed E-state index contributed by atoms with van der Waals surface area (Å²) < 4.78 is 10.6. The monoisotopic (exact) mass is 294 g/mol. The fraction of sp³-hybridized carbons (Fsp3) is 0.467. The summed E-state index contributed by atoms with van der Waals surface area (Å²) in [5.41, 5.74) is 7.14. The van der Waals surface area contributed by atoms with E-state index in [1.165, 1.54) is 5.56 Å². The Morgan fingerprint density at radius 2 is 1.90 bits per heavy atom. The van der Waals surface area contributed by atoms with E-state index < -0.39 is 9.28 Å². The first-order valence-electron chi connectivity index (χ1n) is 7.04. The second-order valence-corrected chi connectivity index (χ2v) is 7.03. The van der Waals surface area contributed by atoms with E-state index in [1.54, 1.807) is 14.2 Å². The first-order chi connectivity index (χ1) is 9.76. The Balaban J connectivity index is 2.11. The number of rotatable bonds is 10. The van der Waals surface area contributed by atoms with E-state index in [2.05, 4.69) is 17.4 Å². The average Bonchev–Trinajstić information content (AvgIpc) is 2.50. The van der Waals surface area contributed by atoms with Crippen LogP contribution < -0.4 is 11.1 Å². The van der Waals surface area contributed by atoms with Crippen molar-refractivity contribution in [3.8, 4) is 0 Å². The first kappa shape index (κ1) is 17.1. The molecule has 1 atom stereocenters. The number of benzene rings is 1. The highest BCUT2D eigenvalue weighted by Crippen LogP contribution is 2.03. The van der Waals surface area contributed by atoms with Gasteiger partial charge in [-0.3, -0.25) is 5.32 Å². The van der Waals surface area contributed by atoms with Crippen molar-refractivity contribution >= 4 is 15.4 Å². The Labute approximate surface area is 123 Å². The number of nitrogens with one attached hydrogen (secondary N) is 1. The van der Waals surface area contributed by atoms with E-state index >= 15 is 0 Å². The van der Waals surface area contributed by atoms with E-state index in [9.17, 15) is 0 Å². The predicted molar refractivity (Wildman–Crippen MR) is 86.7 cm³/mol. The zero-order chi connectivity index (χ0) is 14.6. The molecule has 1 aromatic carbocycles. The maximum Gasteiger partial charge on any atom is 0.320 e. The SMILES string of the molecule is CO[SiH](CCCCNC(N)C=Cc1ccccc1)OC. The molecule has 112 valence electrons. The van der Waals surface area contributed by atoms with Gasteiger partial charge >= 0.3 is 9.28 Å². The number of hydrogen-bond acceptors (Lipinski definition) is 4. The largest absolute Gasteiger partial charge is 0.400 e. The van der Waals surface area contributed by atoms with Gasteiger partial charge in [0.05, 0.1) is 6.17 Å². The van der Waals surface area contributed by atoms with Crippen molar-refractivity contribution in [2.24, 2.45) is 5.73 Å². The molecule has 0 aliphatic heterocycles. The van der Waals surface area contributed by atoms with Crippen molar-refractivity contribution in [2.75, 3.05) is 20.8 Å². The van der Waals surface area contributed by atoms with E-state index in [-0.39, 0.29) is 6.17 Å². The molecule has 0 spiro atoms. The highest BCUT2D eigenvalue weighted by Gasteiger charge is 2.08. The fourth-order valence-corrected chi connectivity index (χ4v) is 3.17. The maximum atomic E-state index is 5.98. The molecule has 0 radical (unpaired) electrons. The van der Waals surface area contributed by atoms with Crippen LogP contribution in [0.1, 0.15) is 18.4 Å². The summed E-state index contributed by atoms with van der Waals surface area (Å²) in [6, 6.07) is 11.2. The van der Waals surface area contributed by atoms with Crippen molar-refractivity contribution in [3.05, 3.63) is 42.0 Å². The summed E-state index contributed by atoms with van der Waals surface area (Å²) in [4.78, 5) is 0. The average molecular weight is 294 g/mol. The normalized spacial score (nSPS) is 13.2. The Kier molecular flexibility index (Phi) is 9.19. The Hall–Kier alpha value is -0.983. The van der Waals surface area contributed by atoms with Crippen LogP contribution in [0.5, 0.6) is 0 Å². The molecule has 1 rings (SSSR count). The van der Waals surface area contributed by atoms with E-state index in [1.807, 2.05) is 30.4 Å². The van der Waals surface area contributed by atoms with Crippen molar-refractivity contribution in [2.45, 2.75) is 25.1 Å². The van der Waals surface area contributed by atoms with E-state index in [0.29, 0.717) is 0 Å². The molecule has 0 bridgehead atoms. The topological polar surface area (TPSA) is 56.5 Å². The van der Waals surface area contributed by atoms with Crippen LogP contribution >= 0.6 is 0 Å². The van der Waals surface area contributed by atoms with Gasteiger partial charge in [0, 0.05) is 14.2 Å². The van der Waals surface area contributed by atoms with Crippen molar-refractivity contribution in [1.29, 1.82) is 0 Å². The number of nitrogens with two attached hydrogens (primary N) is 1. The highest BCUT2D eigenvalue weighted by molar-refractivity contribution is 6.44. The minimum Gasteiger partial charge on any atom is -0.400 e. The lowest BCUT2D eigenvalue weighted by Crippen LogP contribution is -2.36. The Morgan fingerprint density at radius 3 is 2.55 bits per heavy atom. The Morgan fingerprint density at radius 1 is 1.20 bits per heavy atom. The van der Waals surface area contributed by atoms with Crippen molar-refractivity contribution in [1.82, 2.24) is 5.32 Å². The molecular formula is C15H26N2O2Si. The molecule has 0 heterocycles. The lowest BCUT2D eigenvalue weighted by Gasteiger charge is -2.12. The van der Waals surface area contributed by atoms with E-state index in [4.69, 9.17) is 14.6 Å². The first-order valence-corrected chi connectivity index (χ1v) is 8.80. The van der Waals surface area contributed by atoms with Gasteiger partial charge in [0.1, 0.15) is 0 Å². The summed E-state index contributed by atoms with van der Waals surface area (Å²) >= 11 is 0. The fourth-order valence-electron chi connectivity index (χ4n) is 1.88. The lowest BCUT2D eigenvalue weighted by atomic mass is 10.2. The lowest BCUT2D eigenvalue weighted by molar-refractivity contribution is 0.276. The molecule has 20 heavy (non-hydrogen) atoms. The van der Waals surface area contributed by atoms with Gasteiger partial charge in [-0.1, -0.05) is 48.9 Å². The summed E-state index contributed by atoms with van der Waals surface area (Å²) in [5, 5.41) is 3.29. The molecule has 4 nitrogen and oxygen atoms in total. The minimum absolute atomic E-state index is 0.104. The second-order valence-electron chi connectivity index (χ2n) is 4.65. The molecule has 0 aliphatic rings. The third kappa shape index (κ3) is 7.57. The summed E-state index contributed by atoms with van der Waals surface area (Å²) in [6.45, 7) is 0.912. The second kappa shape index (κ2) is 10.8. The zero-order valence-electron chi connectivity index (χ0n) is 12.4. The van der Waals surface area contributed by atoms with Crippen molar-refractivity contribution < 1.29 is 8.85 Å². The Bertz CT molecular complexity index is 369. The third-order valence-electron chi connectivity index (χ3n) is 3.07. The third-order valence-corrected chi connectivity index (χ3v) is 5.00. The molecule has 0 aromatic heterocycles. The summed E-state index contributed by atoms with van der Waals surface area (Å²) in [5.74, 6) is 0. The molecule has 0 saturated heterocycles. The van der Waals surface area contributed by atoms with Crippen molar-refractivity contribution in [3.63, 3.8) is 0 Å². The van der Waals surface area contributed by atoms with Crippen LogP contribution in [0.4, 0.5) is 0 Å². The molecule has 1 unspecified atom stereocenters. The van der Waals surface area contributed by atoms with Crippen LogP contribution in [0, 0.1) is 0 Å². The van der Waals surface area contributed by atoms with Gasteiger partial charge in [-0.05, 0) is 24.6 Å². The van der Waals surface area contributed by atoms with Crippen LogP contribution in [-0.2, 0) is 8.85 Å². The highest BCUT2D eigenvalue weighted by atomic mass is 28.3. The van der Waals surface area contributed by atoms with E-state index in [0.717, 1.165) is 25.4 Å². The molecule has 3 N–H and O–H groups in total. The predicted octanol–water partition coefficient (Wildman–Crippen LogP) is 1.87. The number of hydrogen-bond donors (Lipinski definition) is 2. The molecule has 0 saturated carbocycles. The molecule has 0 amide bonds. The van der Waals surface area contributed by atoms with Crippen LogP contribution in [0.3, 0.4) is 0 Å². The van der Waals surface area contributed by atoms with Gasteiger partial charge in [0.25, 0.3) is 0 Å². The van der Waals surface area contributed by atoms with Gasteiger partial charge in [0.2, 0.25) is 0 Å². The maximum absolute atomic E-state index is 5.98. The molecular weight excluding hydrogens is 268 g/mol. The minimum atomic E-state index is -1.39. The van der Waals surface area contributed by atoms with Gasteiger partial charge in [-0.25, -0.2) is 0 Å². The standard InChI is InChI=1S/C15H26N2O2Si/c1-18-20(19-2)13-7-6-12-17-15(16)11-10-14-8-4-3-5-9-14/h3-5,8-11,15,17,20H,6-7,12-13,16H2,1-2H3. The number of unbranched alkanes of at least 4 members (excludes halogenated alkanes) is 1. The quantitative estimate of drug-likeness (QED) is 0.393. The molecule has 5 heteroatoms. The zero-order valence-corrected chi connectivity index (χ0v) is 13.6. The molecule has 1 aromatic rings. The van der Waals surface area contributed by atoms with Gasteiger partial charge in [-0.15, -0.1) is 0 Å². The van der Waals surface area contributed by atoms with Crippen LogP contribution in [0.25, 0.3) is 6.08 Å². The molecule has 0 aliphatic carbocycles. The van der Waals surface area contributed by atoms with Crippen LogP contribution in [0.15, 0.2) is 36.4 Å². The van der Waals surface area contributed by atoms with Gasteiger partial charge in [-0.2, -0.15) is 0 Å². The molecule has 0 fully saturated rings. The summed E-state index contributed by atoms with van der Waals surface area (Å²) in [7, 11) is 2.06. The van der Waals surface area contributed by atoms with Crippen LogP contribution in [0.2, 0.25) is 6.04 Å². The summed E-state index contributed by atoms with van der Waals surface area (Å²) in [6.07, 6.45) is 6.12. The van der Waals surface area contributed by atoms with Gasteiger partial charge < -0.3 is 14.6 Å².